The van der Waals surface area contributed by atoms with Crippen molar-refractivity contribution in [2.24, 2.45) is 0 Å². The third-order valence-electron chi connectivity index (χ3n) is 4.93. The van der Waals surface area contributed by atoms with E-state index in [0.717, 1.165) is 12.8 Å². The summed E-state index contributed by atoms with van der Waals surface area (Å²) < 4.78 is 16.0. The van der Waals surface area contributed by atoms with E-state index in [1.54, 1.807) is 4.90 Å². The molecule has 2 atom stereocenters. The van der Waals surface area contributed by atoms with Crippen molar-refractivity contribution in [1.82, 2.24) is 20.9 Å². The van der Waals surface area contributed by atoms with Gasteiger partial charge in [-0.15, -0.1) is 0 Å². The summed E-state index contributed by atoms with van der Waals surface area (Å²) in [6.45, 7) is 4.72. The molecule has 1 saturated heterocycles. The molecule has 0 aliphatic carbocycles. The van der Waals surface area contributed by atoms with E-state index in [4.69, 9.17) is 14.2 Å². The van der Waals surface area contributed by atoms with Crippen LogP contribution in [0, 0.1) is 0 Å². The SMILES string of the molecule is CC1CCCN1C(=O)C(CC=O)NC(=O)CCOCCOCCOCCNC(=O)CNC=O. The van der Waals surface area contributed by atoms with E-state index in [1.165, 1.54) is 0 Å². The van der Waals surface area contributed by atoms with Crippen molar-refractivity contribution in [1.29, 1.82) is 0 Å². The van der Waals surface area contributed by atoms with Crippen molar-refractivity contribution in [3.63, 3.8) is 0 Å². The van der Waals surface area contributed by atoms with Crippen LogP contribution in [0.3, 0.4) is 0 Å². The maximum atomic E-state index is 12.6. The van der Waals surface area contributed by atoms with Crippen LogP contribution in [0.15, 0.2) is 0 Å². The Labute approximate surface area is 194 Å². The molecule has 1 heterocycles. The van der Waals surface area contributed by atoms with Gasteiger partial charge < -0.3 is 39.9 Å². The molecule has 188 valence electrons. The summed E-state index contributed by atoms with van der Waals surface area (Å²) in [5, 5.41) is 7.47. The van der Waals surface area contributed by atoms with Crippen LogP contribution >= 0.6 is 0 Å². The molecule has 0 aromatic heterocycles. The van der Waals surface area contributed by atoms with Gasteiger partial charge in [-0.1, -0.05) is 0 Å². The van der Waals surface area contributed by atoms with Crippen molar-refractivity contribution in [2.45, 2.75) is 44.7 Å². The molecule has 1 rings (SSSR count). The first-order valence-corrected chi connectivity index (χ1v) is 11.2. The van der Waals surface area contributed by atoms with E-state index >= 15 is 0 Å². The van der Waals surface area contributed by atoms with E-state index < -0.39 is 6.04 Å². The van der Waals surface area contributed by atoms with Crippen LogP contribution in [0.2, 0.25) is 0 Å². The molecule has 12 heteroatoms. The fraction of sp³-hybridized carbons (Fsp3) is 0.762. The molecule has 0 spiro atoms. The molecule has 1 aliphatic heterocycles. The van der Waals surface area contributed by atoms with E-state index in [0.29, 0.717) is 58.8 Å². The van der Waals surface area contributed by atoms with Crippen LogP contribution in [-0.2, 0) is 38.2 Å². The average Bonchev–Trinajstić information content (AvgIpc) is 3.23. The van der Waals surface area contributed by atoms with Gasteiger partial charge in [-0.25, -0.2) is 0 Å². The Morgan fingerprint density at radius 3 is 2.27 bits per heavy atom. The summed E-state index contributed by atoms with van der Waals surface area (Å²) in [5.41, 5.74) is 0. The van der Waals surface area contributed by atoms with Gasteiger partial charge in [0.1, 0.15) is 12.3 Å². The summed E-state index contributed by atoms with van der Waals surface area (Å²) in [5.74, 6) is -0.848. The van der Waals surface area contributed by atoms with E-state index in [1.807, 2.05) is 6.92 Å². The Hall–Kier alpha value is -2.57. The fourth-order valence-electron chi connectivity index (χ4n) is 3.21. The van der Waals surface area contributed by atoms with Crippen molar-refractivity contribution in [3.05, 3.63) is 0 Å². The summed E-state index contributed by atoms with van der Waals surface area (Å²) in [6, 6.07) is -0.713. The van der Waals surface area contributed by atoms with Gasteiger partial charge in [-0.2, -0.15) is 0 Å². The topological polar surface area (TPSA) is 152 Å². The second kappa shape index (κ2) is 17.9. The van der Waals surface area contributed by atoms with Gasteiger partial charge in [0.2, 0.25) is 24.1 Å². The number of nitrogens with one attached hydrogen (secondary N) is 3. The largest absolute Gasteiger partial charge is 0.379 e. The van der Waals surface area contributed by atoms with Crippen LogP contribution < -0.4 is 16.0 Å². The molecule has 1 aliphatic rings. The number of aldehydes is 1. The Kier molecular flexibility index (Phi) is 15.5. The molecule has 0 bridgehead atoms. The molecule has 0 saturated carbocycles. The number of hydrogen-bond donors (Lipinski definition) is 3. The smallest absolute Gasteiger partial charge is 0.245 e. The number of carbonyl (C=O) groups is 5. The quantitative estimate of drug-likeness (QED) is 0.150. The number of carbonyl (C=O) groups excluding carboxylic acids is 5. The predicted molar refractivity (Wildman–Crippen MR) is 117 cm³/mol. The fourth-order valence-corrected chi connectivity index (χ4v) is 3.21. The van der Waals surface area contributed by atoms with Crippen molar-refractivity contribution in [2.75, 3.05) is 59.3 Å². The van der Waals surface area contributed by atoms with Crippen molar-refractivity contribution < 1.29 is 38.2 Å². The second-order valence-electron chi connectivity index (χ2n) is 7.48. The molecule has 2 unspecified atom stereocenters. The molecule has 0 aromatic carbocycles. The molecule has 0 aromatic rings. The zero-order valence-electron chi connectivity index (χ0n) is 19.2. The molecule has 12 nitrogen and oxygen atoms in total. The Balaban J connectivity index is 2.01. The highest BCUT2D eigenvalue weighted by Crippen LogP contribution is 2.18. The molecule has 3 N–H and O–H groups in total. The molecule has 33 heavy (non-hydrogen) atoms. The van der Waals surface area contributed by atoms with Gasteiger partial charge in [0, 0.05) is 32.0 Å². The summed E-state index contributed by atoms with van der Waals surface area (Å²) >= 11 is 0. The molecule has 1 fully saturated rings. The van der Waals surface area contributed by atoms with E-state index in [2.05, 4.69) is 16.0 Å². The molecule has 0 radical (unpaired) electrons. The zero-order chi connectivity index (χ0) is 24.3. The van der Waals surface area contributed by atoms with Gasteiger partial charge >= 0.3 is 0 Å². The highest BCUT2D eigenvalue weighted by atomic mass is 16.5. The standard InChI is InChI=1S/C21H36N4O8/c1-17-3-2-7-25(17)21(30)18(4-8-26)24-19(28)5-9-31-11-13-33-14-12-32-10-6-23-20(29)15-22-16-27/h8,16-18H,2-7,9-15H2,1H3,(H,22,27)(H,23,29)(H,24,28). The highest BCUT2D eigenvalue weighted by molar-refractivity contribution is 5.89. The van der Waals surface area contributed by atoms with Crippen LogP contribution in [0.5, 0.6) is 0 Å². The van der Waals surface area contributed by atoms with Crippen LogP contribution in [-0.4, -0.2) is 107 Å². The number of ether oxygens (including phenoxy) is 3. The van der Waals surface area contributed by atoms with Gasteiger partial charge in [0.25, 0.3) is 0 Å². The van der Waals surface area contributed by atoms with E-state index in [9.17, 15) is 24.0 Å². The van der Waals surface area contributed by atoms with Crippen LogP contribution in [0.25, 0.3) is 0 Å². The van der Waals surface area contributed by atoms with Crippen molar-refractivity contribution in [3.8, 4) is 0 Å². The Bertz CT molecular complexity index is 619. The first kappa shape index (κ1) is 28.5. The second-order valence-corrected chi connectivity index (χ2v) is 7.48. The third kappa shape index (κ3) is 12.9. The molecular formula is C21H36N4O8. The first-order valence-electron chi connectivity index (χ1n) is 11.2. The third-order valence-corrected chi connectivity index (χ3v) is 4.93. The Morgan fingerprint density at radius 1 is 1.00 bits per heavy atom. The van der Waals surface area contributed by atoms with Gasteiger partial charge in [0.05, 0.1) is 46.2 Å². The van der Waals surface area contributed by atoms with E-state index in [-0.39, 0.29) is 49.8 Å². The van der Waals surface area contributed by atoms with Gasteiger partial charge in [-0.05, 0) is 19.8 Å². The number of nitrogens with zero attached hydrogens (tertiary/aromatic N) is 1. The monoisotopic (exact) mass is 472 g/mol. The number of rotatable bonds is 19. The normalized spacial score (nSPS) is 16.2. The summed E-state index contributed by atoms with van der Waals surface area (Å²) in [7, 11) is 0. The minimum Gasteiger partial charge on any atom is -0.379 e. The van der Waals surface area contributed by atoms with Crippen molar-refractivity contribution >= 4 is 30.4 Å². The maximum Gasteiger partial charge on any atom is 0.245 e. The Morgan fingerprint density at radius 2 is 1.67 bits per heavy atom. The average molecular weight is 473 g/mol. The summed E-state index contributed by atoms with van der Waals surface area (Å²) in [6.07, 6.45) is 2.98. The number of likely N-dealkylation sites (tertiary alicyclic amines) is 1. The first-order chi connectivity index (χ1) is 16.0. The molecule has 4 amide bonds. The maximum absolute atomic E-state index is 12.6. The zero-order valence-corrected chi connectivity index (χ0v) is 19.2. The lowest BCUT2D eigenvalue weighted by Gasteiger charge is -2.26. The number of hydrogen-bond acceptors (Lipinski definition) is 8. The van der Waals surface area contributed by atoms with Crippen LogP contribution in [0.1, 0.15) is 32.6 Å². The summed E-state index contributed by atoms with van der Waals surface area (Å²) in [4.78, 5) is 58.6. The van der Waals surface area contributed by atoms with Crippen LogP contribution in [0.4, 0.5) is 0 Å². The lowest BCUT2D eigenvalue weighted by atomic mass is 10.1. The molecular weight excluding hydrogens is 436 g/mol. The minimum atomic E-state index is -0.833. The van der Waals surface area contributed by atoms with Gasteiger partial charge in [-0.3, -0.25) is 19.2 Å². The van der Waals surface area contributed by atoms with Gasteiger partial charge in [0.15, 0.2) is 0 Å². The minimum absolute atomic E-state index is 0.0473. The highest BCUT2D eigenvalue weighted by Gasteiger charge is 2.31. The predicted octanol–water partition coefficient (Wildman–Crippen LogP) is -1.63. The number of amides is 4. The lowest BCUT2D eigenvalue weighted by Crippen LogP contribution is -2.49. The lowest BCUT2D eigenvalue weighted by molar-refractivity contribution is -0.138.